The molecule has 0 amide bonds. The van der Waals surface area contributed by atoms with Crippen molar-refractivity contribution in [1.82, 2.24) is 9.80 Å². The smallest absolute Gasteiger partial charge is 0.303 e. The summed E-state index contributed by atoms with van der Waals surface area (Å²) in [5.74, 6) is -0.223. The van der Waals surface area contributed by atoms with Crippen molar-refractivity contribution in [2.75, 3.05) is 32.7 Å². The van der Waals surface area contributed by atoms with Crippen LogP contribution in [0.5, 0.6) is 0 Å². The maximum atomic E-state index is 10.7. The van der Waals surface area contributed by atoms with E-state index in [1.807, 2.05) is 0 Å². The zero-order chi connectivity index (χ0) is 13.0. The molecule has 0 aliphatic carbocycles. The molecule has 0 saturated carbocycles. The number of carboxylic acids is 1. The molecule has 104 valence electrons. The second kappa shape index (κ2) is 6.53. The highest BCUT2D eigenvalue weighted by Crippen LogP contribution is 2.25. The summed E-state index contributed by atoms with van der Waals surface area (Å²) in [6, 6.07) is 0.749. The quantitative estimate of drug-likeness (QED) is 0.828. The first kappa shape index (κ1) is 13.8. The van der Waals surface area contributed by atoms with Gasteiger partial charge < -0.3 is 14.9 Å². The Kier molecular flexibility index (Phi) is 5.01. The van der Waals surface area contributed by atoms with Crippen LogP contribution in [0, 0.1) is 5.92 Å². The number of carboxylic acid groups (broad SMARTS) is 1. The van der Waals surface area contributed by atoms with Gasteiger partial charge in [0.2, 0.25) is 0 Å². The molecule has 4 nitrogen and oxygen atoms in total. The minimum Gasteiger partial charge on any atom is -0.481 e. The number of likely N-dealkylation sites (tertiary alicyclic amines) is 2. The van der Waals surface area contributed by atoms with E-state index in [0.29, 0.717) is 12.3 Å². The second-order valence-corrected chi connectivity index (χ2v) is 5.74. The van der Waals surface area contributed by atoms with Gasteiger partial charge in [0.15, 0.2) is 0 Å². The third-order valence-corrected chi connectivity index (χ3v) is 4.63. The predicted octanol–water partition coefficient (Wildman–Crippen LogP) is 1.66. The molecule has 2 fully saturated rings. The van der Waals surface area contributed by atoms with Crippen LogP contribution in [-0.4, -0.2) is 59.6 Å². The molecular formula is C14H26N2O2. The van der Waals surface area contributed by atoms with Crippen molar-refractivity contribution in [3.63, 3.8) is 0 Å². The standard InChI is InChI=1S/C14H26N2O2/c1-2-15-7-5-13(6-8-15)16-9-3-12(4-10-16)11-14(17)18/h12-13H,2-11H2,1H3,(H,17,18). The topological polar surface area (TPSA) is 43.8 Å². The molecule has 0 spiro atoms. The highest BCUT2D eigenvalue weighted by Gasteiger charge is 2.28. The molecule has 0 unspecified atom stereocenters. The van der Waals surface area contributed by atoms with Gasteiger partial charge in [0, 0.05) is 12.5 Å². The van der Waals surface area contributed by atoms with E-state index in [1.54, 1.807) is 0 Å². The van der Waals surface area contributed by atoms with Gasteiger partial charge in [-0.25, -0.2) is 0 Å². The van der Waals surface area contributed by atoms with Crippen LogP contribution in [0.3, 0.4) is 0 Å². The van der Waals surface area contributed by atoms with Crippen LogP contribution in [-0.2, 0) is 4.79 Å². The molecule has 2 aliphatic rings. The largest absolute Gasteiger partial charge is 0.481 e. The highest BCUT2D eigenvalue weighted by atomic mass is 16.4. The summed E-state index contributed by atoms with van der Waals surface area (Å²) in [6.07, 6.45) is 5.08. The maximum absolute atomic E-state index is 10.7. The zero-order valence-electron chi connectivity index (χ0n) is 11.5. The Bertz CT molecular complexity index is 267. The van der Waals surface area contributed by atoms with Crippen LogP contribution in [0.4, 0.5) is 0 Å². The molecular weight excluding hydrogens is 228 g/mol. The summed E-state index contributed by atoms with van der Waals surface area (Å²) in [7, 11) is 0. The fourth-order valence-electron chi connectivity index (χ4n) is 3.37. The van der Waals surface area contributed by atoms with E-state index in [4.69, 9.17) is 5.11 Å². The number of aliphatic carboxylic acids is 1. The Morgan fingerprint density at radius 1 is 1.11 bits per heavy atom. The van der Waals surface area contributed by atoms with E-state index in [2.05, 4.69) is 16.7 Å². The third-order valence-electron chi connectivity index (χ3n) is 4.63. The van der Waals surface area contributed by atoms with Crippen molar-refractivity contribution in [2.24, 2.45) is 5.92 Å². The van der Waals surface area contributed by atoms with Gasteiger partial charge in [-0.15, -0.1) is 0 Å². The van der Waals surface area contributed by atoms with Crippen molar-refractivity contribution >= 4 is 5.97 Å². The maximum Gasteiger partial charge on any atom is 0.303 e. The highest BCUT2D eigenvalue weighted by molar-refractivity contribution is 5.67. The third kappa shape index (κ3) is 3.69. The summed E-state index contributed by atoms with van der Waals surface area (Å²) < 4.78 is 0. The minimum absolute atomic E-state index is 0.363. The van der Waals surface area contributed by atoms with Gasteiger partial charge >= 0.3 is 5.97 Å². The lowest BCUT2D eigenvalue weighted by Gasteiger charge is -2.41. The molecule has 0 aromatic heterocycles. The van der Waals surface area contributed by atoms with Crippen molar-refractivity contribution in [1.29, 1.82) is 0 Å². The number of carbonyl (C=O) groups is 1. The summed E-state index contributed by atoms with van der Waals surface area (Å²) >= 11 is 0. The Morgan fingerprint density at radius 2 is 1.72 bits per heavy atom. The van der Waals surface area contributed by atoms with Crippen LogP contribution in [0.15, 0.2) is 0 Å². The second-order valence-electron chi connectivity index (χ2n) is 5.74. The Balaban J connectivity index is 1.71. The molecule has 0 radical (unpaired) electrons. The van der Waals surface area contributed by atoms with E-state index in [0.717, 1.165) is 32.0 Å². The summed E-state index contributed by atoms with van der Waals surface area (Å²) in [6.45, 7) is 8.08. The number of nitrogens with zero attached hydrogens (tertiary/aromatic N) is 2. The average molecular weight is 254 g/mol. The van der Waals surface area contributed by atoms with Crippen LogP contribution in [0.1, 0.15) is 39.0 Å². The number of hydrogen-bond acceptors (Lipinski definition) is 3. The van der Waals surface area contributed by atoms with E-state index in [1.165, 1.54) is 32.5 Å². The SMILES string of the molecule is CCN1CCC(N2CCC(CC(=O)O)CC2)CC1. The van der Waals surface area contributed by atoms with Gasteiger partial charge in [-0.1, -0.05) is 6.92 Å². The molecule has 2 rings (SSSR count). The van der Waals surface area contributed by atoms with Crippen molar-refractivity contribution in [3.8, 4) is 0 Å². The zero-order valence-corrected chi connectivity index (χ0v) is 11.5. The van der Waals surface area contributed by atoms with Gasteiger partial charge in [-0.2, -0.15) is 0 Å². The van der Waals surface area contributed by atoms with Crippen molar-refractivity contribution < 1.29 is 9.90 Å². The first-order chi connectivity index (χ1) is 8.69. The molecule has 0 bridgehead atoms. The fraction of sp³-hybridized carbons (Fsp3) is 0.929. The van der Waals surface area contributed by atoms with E-state index in [9.17, 15) is 4.79 Å². The van der Waals surface area contributed by atoms with Gasteiger partial charge in [0.1, 0.15) is 0 Å². The van der Waals surface area contributed by atoms with Gasteiger partial charge in [-0.3, -0.25) is 4.79 Å². The predicted molar refractivity (Wildman–Crippen MR) is 71.7 cm³/mol. The summed E-state index contributed by atoms with van der Waals surface area (Å²) in [4.78, 5) is 15.8. The van der Waals surface area contributed by atoms with Crippen LogP contribution < -0.4 is 0 Å². The van der Waals surface area contributed by atoms with Crippen LogP contribution in [0.25, 0.3) is 0 Å². The van der Waals surface area contributed by atoms with Crippen LogP contribution >= 0.6 is 0 Å². The lowest BCUT2D eigenvalue weighted by molar-refractivity contribution is -0.138. The molecule has 18 heavy (non-hydrogen) atoms. The van der Waals surface area contributed by atoms with Crippen molar-refractivity contribution in [3.05, 3.63) is 0 Å². The van der Waals surface area contributed by atoms with E-state index >= 15 is 0 Å². The average Bonchev–Trinajstić information content (AvgIpc) is 2.39. The lowest BCUT2D eigenvalue weighted by Crippen LogP contribution is -2.47. The van der Waals surface area contributed by atoms with Gasteiger partial charge in [0.25, 0.3) is 0 Å². The molecule has 0 aromatic rings. The fourth-order valence-corrected chi connectivity index (χ4v) is 3.37. The normalized spacial score (nSPS) is 25.4. The number of rotatable bonds is 4. The number of piperidine rings is 2. The molecule has 2 heterocycles. The first-order valence-electron chi connectivity index (χ1n) is 7.37. The summed E-state index contributed by atoms with van der Waals surface area (Å²) in [5.41, 5.74) is 0. The molecule has 1 N–H and O–H groups in total. The Hall–Kier alpha value is -0.610. The summed E-state index contributed by atoms with van der Waals surface area (Å²) in [5, 5.41) is 8.82. The van der Waals surface area contributed by atoms with Crippen LogP contribution in [0.2, 0.25) is 0 Å². The monoisotopic (exact) mass is 254 g/mol. The van der Waals surface area contributed by atoms with Gasteiger partial charge in [0.05, 0.1) is 0 Å². The Morgan fingerprint density at radius 3 is 2.22 bits per heavy atom. The number of hydrogen-bond donors (Lipinski definition) is 1. The Labute approximate surface area is 110 Å². The molecule has 2 aliphatic heterocycles. The molecule has 0 aromatic carbocycles. The molecule has 0 atom stereocenters. The van der Waals surface area contributed by atoms with E-state index < -0.39 is 5.97 Å². The molecule has 2 saturated heterocycles. The lowest BCUT2D eigenvalue weighted by atomic mass is 9.91. The molecule has 4 heteroatoms. The van der Waals surface area contributed by atoms with Gasteiger partial charge in [-0.05, 0) is 64.3 Å². The van der Waals surface area contributed by atoms with E-state index in [-0.39, 0.29) is 0 Å². The minimum atomic E-state index is -0.635. The van der Waals surface area contributed by atoms with Crippen molar-refractivity contribution in [2.45, 2.75) is 45.1 Å². The first-order valence-corrected chi connectivity index (χ1v) is 7.37.